The number of ketones is 1. The molecular formula is C18H17FN4OS. The molecule has 2 heterocycles. The second-order valence-corrected chi connectivity index (χ2v) is 7.23. The van der Waals surface area contributed by atoms with Crippen LogP contribution in [-0.2, 0) is 6.42 Å². The van der Waals surface area contributed by atoms with Crippen molar-refractivity contribution in [3.63, 3.8) is 0 Å². The Morgan fingerprint density at radius 2 is 2.04 bits per heavy atom. The predicted octanol–water partition coefficient (Wildman–Crippen LogP) is 3.68. The Morgan fingerprint density at radius 3 is 2.80 bits per heavy atom. The second-order valence-electron chi connectivity index (χ2n) is 6.17. The summed E-state index contributed by atoms with van der Waals surface area (Å²) in [5.74, 6) is 1.26. The molecule has 4 rings (SSSR count). The monoisotopic (exact) mass is 356 g/mol. The van der Waals surface area contributed by atoms with Gasteiger partial charge < -0.3 is 0 Å². The number of thioether (sulfide) groups is 1. The van der Waals surface area contributed by atoms with E-state index in [1.54, 1.807) is 34.6 Å². The van der Waals surface area contributed by atoms with Gasteiger partial charge in [-0.2, -0.15) is 4.98 Å². The van der Waals surface area contributed by atoms with E-state index >= 15 is 0 Å². The molecule has 5 nitrogen and oxygen atoms in total. The van der Waals surface area contributed by atoms with Gasteiger partial charge in [0.25, 0.3) is 5.78 Å². The summed E-state index contributed by atoms with van der Waals surface area (Å²) >= 11 is 1.58. The van der Waals surface area contributed by atoms with Crippen LogP contribution in [0.4, 0.5) is 4.39 Å². The Labute approximate surface area is 148 Å². The summed E-state index contributed by atoms with van der Waals surface area (Å²) in [5.41, 5.74) is 2.32. The van der Waals surface area contributed by atoms with Gasteiger partial charge in [-0.25, -0.2) is 13.9 Å². The van der Waals surface area contributed by atoms with Gasteiger partial charge in [-0.1, -0.05) is 30.8 Å². The fraction of sp³-hybridized carbons (Fsp3) is 0.333. The topological polar surface area (TPSA) is 60.1 Å². The summed E-state index contributed by atoms with van der Waals surface area (Å²) in [6.07, 6.45) is 3.83. The number of hydrogen-bond donors (Lipinski definition) is 0. The lowest BCUT2D eigenvalue weighted by molar-refractivity contribution is 0.0962. The van der Waals surface area contributed by atoms with Gasteiger partial charge in [0.15, 0.2) is 5.78 Å². The van der Waals surface area contributed by atoms with Crippen molar-refractivity contribution in [3.05, 3.63) is 53.1 Å². The molecule has 25 heavy (non-hydrogen) atoms. The van der Waals surface area contributed by atoms with E-state index in [-0.39, 0.29) is 17.5 Å². The number of Topliss-reactive ketones (excluding diaryl/α,β-unsaturated/α-hetero) is 1. The van der Waals surface area contributed by atoms with Crippen LogP contribution in [-0.4, -0.2) is 31.1 Å². The number of hydrogen-bond acceptors (Lipinski definition) is 5. The highest BCUT2D eigenvalue weighted by Gasteiger charge is 2.28. The number of halogens is 1. The maximum atomic E-state index is 13.1. The molecule has 7 heteroatoms. The van der Waals surface area contributed by atoms with Gasteiger partial charge in [-0.15, -0.1) is 5.10 Å². The minimum absolute atomic E-state index is 0.0207. The van der Waals surface area contributed by atoms with Crippen molar-refractivity contribution in [1.82, 2.24) is 19.6 Å². The molecular weight excluding hydrogens is 339 g/mol. The molecule has 0 amide bonds. The first-order valence-corrected chi connectivity index (χ1v) is 9.30. The van der Waals surface area contributed by atoms with Crippen LogP contribution >= 0.6 is 11.8 Å². The summed E-state index contributed by atoms with van der Waals surface area (Å²) in [6.45, 7) is 2.11. The number of rotatable bonds is 4. The smallest absolute Gasteiger partial charge is 0.253 e. The number of carbonyl (C=O) groups excluding carboxylic acids is 1. The minimum atomic E-state index is -0.272. The minimum Gasteiger partial charge on any atom is -0.294 e. The molecule has 3 aromatic rings. The quantitative estimate of drug-likeness (QED) is 0.668. The second kappa shape index (κ2) is 6.55. The lowest BCUT2D eigenvalue weighted by Crippen LogP contribution is -2.21. The van der Waals surface area contributed by atoms with Gasteiger partial charge in [0.1, 0.15) is 5.82 Å². The summed E-state index contributed by atoms with van der Waals surface area (Å²) in [6, 6.07) is 6.35. The van der Waals surface area contributed by atoms with Crippen LogP contribution in [0.5, 0.6) is 0 Å². The third kappa shape index (κ3) is 3.16. The molecule has 0 bridgehead atoms. The van der Waals surface area contributed by atoms with Gasteiger partial charge >= 0.3 is 0 Å². The number of nitrogens with zero attached hydrogens (tertiary/aromatic N) is 4. The number of benzene rings is 1. The molecule has 1 aliphatic carbocycles. The third-order valence-corrected chi connectivity index (χ3v) is 5.38. The first-order valence-electron chi connectivity index (χ1n) is 8.32. The molecule has 0 saturated heterocycles. The standard InChI is InChI=1S/C18H17FN4OS/c1-2-7-25-18-21-17-20-15-8-12(11-3-5-13(19)6-4-11)9-16(24)14(15)10-23(17)22-18/h3-6,10,12H,2,7-9H2,1H3. The molecule has 0 N–H and O–H groups in total. The van der Waals surface area contributed by atoms with Crippen molar-refractivity contribution in [2.75, 3.05) is 5.75 Å². The van der Waals surface area contributed by atoms with Crippen LogP contribution in [0.3, 0.4) is 0 Å². The first kappa shape index (κ1) is 16.2. The zero-order chi connectivity index (χ0) is 17.4. The number of fused-ring (bicyclic) bond motifs is 2. The molecule has 1 aromatic carbocycles. The molecule has 128 valence electrons. The fourth-order valence-corrected chi connectivity index (χ4v) is 3.77. The summed E-state index contributed by atoms with van der Waals surface area (Å²) in [4.78, 5) is 21.6. The molecule has 0 aliphatic heterocycles. The van der Waals surface area contributed by atoms with Crippen LogP contribution in [0.25, 0.3) is 5.78 Å². The zero-order valence-electron chi connectivity index (χ0n) is 13.8. The molecule has 0 radical (unpaired) electrons. The van der Waals surface area contributed by atoms with Gasteiger partial charge in [0, 0.05) is 18.4 Å². The van der Waals surface area contributed by atoms with E-state index in [2.05, 4.69) is 22.0 Å². The highest BCUT2D eigenvalue weighted by atomic mass is 32.2. The number of carbonyl (C=O) groups is 1. The molecule has 1 atom stereocenters. The number of aromatic nitrogens is 4. The fourth-order valence-electron chi connectivity index (χ4n) is 3.09. The average Bonchev–Trinajstić information content (AvgIpc) is 3.00. The SMILES string of the molecule is CCCSc1nc2nc3c(cn2n1)C(=O)CC(c1ccc(F)cc1)C3. The molecule has 0 fully saturated rings. The van der Waals surface area contributed by atoms with Gasteiger partial charge in [0.05, 0.1) is 11.3 Å². The maximum Gasteiger partial charge on any atom is 0.253 e. The van der Waals surface area contributed by atoms with Crippen LogP contribution in [0.2, 0.25) is 0 Å². The lowest BCUT2D eigenvalue weighted by Gasteiger charge is -2.23. The molecule has 0 spiro atoms. The molecule has 2 aromatic heterocycles. The van der Waals surface area contributed by atoms with E-state index in [0.717, 1.165) is 23.4 Å². The van der Waals surface area contributed by atoms with Gasteiger partial charge in [-0.3, -0.25) is 4.79 Å². The highest BCUT2D eigenvalue weighted by molar-refractivity contribution is 7.99. The molecule has 0 saturated carbocycles. The molecule has 1 unspecified atom stereocenters. The van der Waals surface area contributed by atoms with E-state index in [0.29, 0.717) is 29.3 Å². The largest absolute Gasteiger partial charge is 0.294 e. The highest BCUT2D eigenvalue weighted by Crippen LogP contribution is 2.32. The normalized spacial score (nSPS) is 17.0. The van der Waals surface area contributed by atoms with Crippen molar-refractivity contribution in [1.29, 1.82) is 0 Å². The zero-order valence-corrected chi connectivity index (χ0v) is 14.6. The third-order valence-electron chi connectivity index (χ3n) is 4.34. The van der Waals surface area contributed by atoms with Crippen LogP contribution in [0.15, 0.2) is 35.6 Å². The first-order chi connectivity index (χ1) is 12.1. The van der Waals surface area contributed by atoms with E-state index in [9.17, 15) is 9.18 Å². The Balaban J connectivity index is 1.67. The van der Waals surface area contributed by atoms with E-state index < -0.39 is 0 Å². The van der Waals surface area contributed by atoms with E-state index in [1.165, 1.54) is 12.1 Å². The van der Waals surface area contributed by atoms with Crippen LogP contribution in [0.1, 0.15) is 47.3 Å². The Bertz CT molecular complexity index is 938. The van der Waals surface area contributed by atoms with Crippen molar-refractivity contribution in [2.24, 2.45) is 0 Å². The molecule has 1 aliphatic rings. The van der Waals surface area contributed by atoms with Crippen LogP contribution < -0.4 is 0 Å². The summed E-state index contributed by atoms with van der Waals surface area (Å²) < 4.78 is 14.7. The predicted molar refractivity (Wildman–Crippen MR) is 93.6 cm³/mol. The van der Waals surface area contributed by atoms with Gasteiger partial charge in [-0.05, 0) is 36.5 Å². The van der Waals surface area contributed by atoms with Crippen molar-refractivity contribution in [2.45, 2.75) is 37.3 Å². The van der Waals surface area contributed by atoms with Crippen molar-refractivity contribution in [3.8, 4) is 0 Å². The van der Waals surface area contributed by atoms with E-state index in [4.69, 9.17) is 0 Å². The average molecular weight is 356 g/mol. The van der Waals surface area contributed by atoms with Crippen molar-refractivity contribution < 1.29 is 9.18 Å². The Hall–Kier alpha value is -2.28. The summed E-state index contributed by atoms with van der Waals surface area (Å²) in [7, 11) is 0. The maximum absolute atomic E-state index is 13.1. The Morgan fingerprint density at radius 1 is 1.24 bits per heavy atom. The van der Waals surface area contributed by atoms with E-state index in [1.807, 2.05) is 0 Å². The van der Waals surface area contributed by atoms with Gasteiger partial charge in [0.2, 0.25) is 5.16 Å². The summed E-state index contributed by atoms with van der Waals surface area (Å²) in [5, 5.41) is 5.07. The van der Waals surface area contributed by atoms with Crippen molar-refractivity contribution >= 4 is 23.3 Å². The lowest BCUT2D eigenvalue weighted by atomic mass is 9.82. The Kier molecular flexibility index (Phi) is 4.25. The van der Waals surface area contributed by atoms with Crippen LogP contribution in [0, 0.1) is 5.82 Å².